The minimum atomic E-state index is 0.210. The maximum Gasteiger partial charge on any atom is 0.257 e. The number of rotatable bonds is 6. The predicted octanol–water partition coefficient (Wildman–Crippen LogP) is 1.17. The summed E-state index contributed by atoms with van der Waals surface area (Å²) in [5, 5.41) is 7.32. The standard InChI is InChI=1S/C16H22N4O3/c1-20-7-8-22-14(11-20)9-17-10-15-18-16(23-19-15)12-3-5-13(21-2)6-4-12/h3-6,14,17H,7-11H2,1-2H3/t14-/m1/s1. The average molecular weight is 318 g/mol. The fraction of sp³-hybridized carbons (Fsp3) is 0.500. The van der Waals surface area contributed by atoms with Crippen LogP contribution in [0.25, 0.3) is 11.5 Å². The van der Waals surface area contributed by atoms with Gasteiger partial charge in [-0.2, -0.15) is 4.98 Å². The highest BCUT2D eigenvalue weighted by atomic mass is 16.5. The van der Waals surface area contributed by atoms with Gasteiger partial charge in [-0.15, -0.1) is 0 Å². The highest BCUT2D eigenvalue weighted by molar-refractivity contribution is 5.54. The van der Waals surface area contributed by atoms with E-state index in [0.29, 0.717) is 18.3 Å². The van der Waals surface area contributed by atoms with Gasteiger partial charge in [0.25, 0.3) is 5.89 Å². The number of likely N-dealkylation sites (N-methyl/N-ethyl adjacent to an activating group) is 1. The molecule has 0 unspecified atom stereocenters. The zero-order chi connectivity index (χ0) is 16.1. The fourth-order valence-electron chi connectivity index (χ4n) is 2.51. The summed E-state index contributed by atoms with van der Waals surface area (Å²) < 4.78 is 16.1. The van der Waals surface area contributed by atoms with Gasteiger partial charge in [-0.25, -0.2) is 0 Å². The van der Waals surface area contributed by atoms with E-state index in [-0.39, 0.29) is 6.10 Å². The lowest BCUT2D eigenvalue weighted by Gasteiger charge is -2.30. The van der Waals surface area contributed by atoms with Gasteiger partial charge in [-0.1, -0.05) is 5.16 Å². The van der Waals surface area contributed by atoms with Crippen LogP contribution >= 0.6 is 0 Å². The molecule has 1 saturated heterocycles. The maximum absolute atomic E-state index is 5.70. The largest absolute Gasteiger partial charge is 0.497 e. The molecule has 0 amide bonds. The van der Waals surface area contributed by atoms with Crippen LogP contribution in [0.5, 0.6) is 5.75 Å². The van der Waals surface area contributed by atoms with E-state index in [1.54, 1.807) is 7.11 Å². The number of ether oxygens (including phenoxy) is 2. The van der Waals surface area contributed by atoms with Crippen molar-refractivity contribution in [2.24, 2.45) is 0 Å². The molecule has 1 fully saturated rings. The van der Waals surface area contributed by atoms with Crippen molar-refractivity contribution in [1.82, 2.24) is 20.4 Å². The highest BCUT2D eigenvalue weighted by Gasteiger charge is 2.17. The van der Waals surface area contributed by atoms with Crippen LogP contribution in [0.2, 0.25) is 0 Å². The summed E-state index contributed by atoms with van der Waals surface area (Å²) in [6, 6.07) is 7.53. The molecule has 1 aliphatic rings. The van der Waals surface area contributed by atoms with Gasteiger partial charge in [0.05, 0.1) is 26.4 Å². The van der Waals surface area contributed by atoms with Crippen molar-refractivity contribution in [3.05, 3.63) is 30.1 Å². The Morgan fingerprint density at radius 3 is 2.91 bits per heavy atom. The molecule has 3 rings (SSSR count). The van der Waals surface area contributed by atoms with Gasteiger partial charge in [0.1, 0.15) is 5.75 Å². The van der Waals surface area contributed by atoms with Crippen molar-refractivity contribution in [3.63, 3.8) is 0 Å². The van der Waals surface area contributed by atoms with E-state index in [4.69, 9.17) is 14.0 Å². The molecule has 0 bridgehead atoms. The number of nitrogens with zero attached hydrogens (tertiary/aromatic N) is 3. The Morgan fingerprint density at radius 2 is 2.17 bits per heavy atom. The monoisotopic (exact) mass is 318 g/mol. The predicted molar refractivity (Wildman–Crippen MR) is 85.2 cm³/mol. The molecule has 1 N–H and O–H groups in total. The number of benzene rings is 1. The second-order valence-electron chi connectivity index (χ2n) is 5.63. The lowest BCUT2D eigenvalue weighted by Crippen LogP contribution is -2.44. The Labute approximate surface area is 135 Å². The molecule has 2 heterocycles. The molecule has 0 radical (unpaired) electrons. The van der Waals surface area contributed by atoms with Gasteiger partial charge in [0, 0.05) is 25.2 Å². The number of morpholine rings is 1. The lowest BCUT2D eigenvalue weighted by atomic mass is 10.2. The Bertz CT molecular complexity index is 614. The third-order valence-corrected chi connectivity index (χ3v) is 3.80. The number of hydrogen-bond acceptors (Lipinski definition) is 7. The Kier molecular flexibility index (Phi) is 5.22. The van der Waals surface area contributed by atoms with E-state index in [1.165, 1.54) is 0 Å². The van der Waals surface area contributed by atoms with Crippen molar-refractivity contribution in [3.8, 4) is 17.2 Å². The van der Waals surface area contributed by atoms with Crippen LogP contribution in [0.15, 0.2) is 28.8 Å². The molecule has 2 aromatic rings. The summed E-state index contributed by atoms with van der Waals surface area (Å²) in [4.78, 5) is 6.67. The smallest absolute Gasteiger partial charge is 0.257 e. The Balaban J connectivity index is 1.50. The second-order valence-corrected chi connectivity index (χ2v) is 5.63. The Hall–Kier alpha value is -1.96. The minimum absolute atomic E-state index is 0.210. The molecule has 7 nitrogen and oxygen atoms in total. The van der Waals surface area contributed by atoms with E-state index >= 15 is 0 Å². The van der Waals surface area contributed by atoms with Gasteiger partial charge >= 0.3 is 0 Å². The third-order valence-electron chi connectivity index (χ3n) is 3.80. The quantitative estimate of drug-likeness (QED) is 0.857. The van der Waals surface area contributed by atoms with Crippen LogP contribution in [0.1, 0.15) is 5.82 Å². The minimum Gasteiger partial charge on any atom is -0.497 e. The summed E-state index contributed by atoms with van der Waals surface area (Å²) in [5.41, 5.74) is 0.877. The first kappa shape index (κ1) is 15.9. The van der Waals surface area contributed by atoms with Crippen LogP contribution < -0.4 is 10.1 Å². The van der Waals surface area contributed by atoms with Crippen LogP contribution in [-0.4, -0.2) is 61.5 Å². The van der Waals surface area contributed by atoms with Gasteiger partial charge in [0.15, 0.2) is 5.82 Å². The molecular weight excluding hydrogens is 296 g/mol. The first-order valence-electron chi connectivity index (χ1n) is 7.72. The van der Waals surface area contributed by atoms with Gasteiger partial charge < -0.3 is 24.2 Å². The molecular formula is C16H22N4O3. The average Bonchev–Trinajstić information content (AvgIpc) is 3.04. The van der Waals surface area contributed by atoms with E-state index in [2.05, 4.69) is 27.4 Å². The van der Waals surface area contributed by atoms with Gasteiger partial charge in [-0.05, 0) is 31.3 Å². The van der Waals surface area contributed by atoms with Crippen LogP contribution in [0.4, 0.5) is 0 Å². The summed E-state index contributed by atoms with van der Waals surface area (Å²) in [6.45, 7) is 4.05. The normalized spacial score (nSPS) is 19.0. The van der Waals surface area contributed by atoms with Crippen molar-refractivity contribution < 1.29 is 14.0 Å². The van der Waals surface area contributed by atoms with Crippen LogP contribution in [-0.2, 0) is 11.3 Å². The van der Waals surface area contributed by atoms with E-state index in [9.17, 15) is 0 Å². The molecule has 23 heavy (non-hydrogen) atoms. The number of hydrogen-bond donors (Lipinski definition) is 1. The Morgan fingerprint density at radius 1 is 1.35 bits per heavy atom. The van der Waals surface area contributed by atoms with Crippen molar-refractivity contribution in [2.75, 3.05) is 40.4 Å². The second kappa shape index (κ2) is 7.54. The first-order chi connectivity index (χ1) is 11.2. The summed E-state index contributed by atoms with van der Waals surface area (Å²) in [5.74, 6) is 1.95. The number of methoxy groups -OCH3 is 1. The lowest BCUT2D eigenvalue weighted by molar-refractivity contribution is -0.0182. The van der Waals surface area contributed by atoms with Crippen LogP contribution in [0, 0.1) is 0 Å². The molecule has 1 aromatic heterocycles. The fourth-order valence-corrected chi connectivity index (χ4v) is 2.51. The summed E-state index contributed by atoms with van der Waals surface area (Å²) in [6.07, 6.45) is 0.210. The third kappa shape index (κ3) is 4.28. The number of aromatic nitrogens is 2. The molecule has 7 heteroatoms. The zero-order valence-electron chi connectivity index (χ0n) is 13.5. The van der Waals surface area contributed by atoms with Crippen LogP contribution in [0.3, 0.4) is 0 Å². The summed E-state index contributed by atoms with van der Waals surface area (Å²) >= 11 is 0. The SMILES string of the molecule is COc1ccc(-c2nc(CNC[C@@H]3CN(C)CCO3)no2)cc1. The van der Waals surface area contributed by atoms with E-state index in [0.717, 1.165) is 37.6 Å². The molecule has 124 valence electrons. The van der Waals surface area contributed by atoms with Crippen molar-refractivity contribution in [2.45, 2.75) is 12.6 Å². The van der Waals surface area contributed by atoms with Gasteiger partial charge in [0.2, 0.25) is 0 Å². The maximum atomic E-state index is 5.70. The summed E-state index contributed by atoms with van der Waals surface area (Å²) in [7, 11) is 3.75. The molecule has 0 aliphatic carbocycles. The molecule has 1 aromatic carbocycles. The highest BCUT2D eigenvalue weighted by Crippen LogP contribution is 2.20. The molecule has 0 saturated carbocycles. The number of nitrogens with one attached hydrogen (secondary N) is 1. The molecule has 0 spiro atoms. The topological polar surface area (TPSA) is 72.7 Å². The first-order valence-corrected chi connectivity index (χ1v) is 7.72. The molecule has 1 aliphatic heterocycles. The van der Waals surface area contributed by atoms with Crippen molar-refractivity contribution in [1.29, 1.82) is 0 Å². The molecule has 1 atom stereocenters. The van der Waals surface area contributed by atoms with E-state index < -0.39 is 0 Å². The zero-order valence-corrected chi connectivity index (χ0v) is 13.5. The van der Waals surface area contributed by atoms with Crippen molar-refractivity contribution >= 4 is 0 Å². The van der Waals surface area contributed by atoms with E-state index in [1.807, 2.05) is 24.3 Å². The van der Waals surface area contributed by atoms with Gasteiger partial charge in [-0.3, -0.25) is 0 Å².